The molecule has 44 heavy (non-hydrogen) atoms. The number of rotatable bonds is 4. The Hall–Kier alpha value is -6.00. The first-order chi connectivity index (χ1) is 21.8. The highest BCUT2D eigenvalue weighted by atomic mass is 15.1. The SMILES string of the molecule is c1ccc(-c2cncc(-n3c4ccccc4c4cc(-c5ccc6c(c5)c5ccccc5n6-c5ccccc5)ccc43)n2)cc1. The Labute approximate surface area is 254 Å². The van der Waals surface area contributed by atoms with Gasteiger partial charge >= 0.3 is 0 Å². The smallest absolute Gasteiger partial charge is 0.156 e. The molecule has 0 saturated heterocycles. The summed E-state index contributed by atoms with van der Waals surface area (Å²) in [6, 6.07) is 51.7. The minimum absolute atomic E-state index is 0.806. The molecule has 0 spiro atoms. The molecule has 0 aliphatic rings. The highest BCUT2D eigenvalue weighted by molar-refractivity contribution is 6.12. The Morgan fingerprint density at radius 1 is 0.386 bits per heavy atom. The van der Waals surface area contributed by atoms with Gasteiger partial charge in [-0.2, -0.15) is 0 Å². The predicted molar refractivity (Wildman–Crippen MR) is 182 cm³/mol. The van der Waals surface area contributed by atoms with Crippen LogP contribution in [0.5, 0.6) is 0 Å². The van der Waals surface area contributed by atoms with Gasteiger partial charge in [0.25, 0.3) is 0 Å². The Balaban J connectivity index is 1.23. The molecule has 4 heteroatoms. The Morgan fingerprint density at radius 2 is 0.909 bits per heavy atom. The third kappa shape index (κ3) is 3.78. The molecular weight excluding hydrogens is 536 g/mol. The molecule has 0 N–H and O–H groups in total. The fraction of sp³-hybridized carbons (Fsp3) is 0. The van der Waals surface area contributed by atoms with E-state index in [4.69, 9.17) is 4.98 Å². The molecule has 9 rings (SSSR count). The molecule has 0 saturated carbocycles. The van der Waals surface area contributed by atoms with E-state index in [-0.39, 0.29) is 0 Å². The van der Waals surface area contributed by atoms with Gasteiger partial charge in [0.1, 0.15) is 0 Å². The van der Waals surface area contributed by atoms with Gasteiger partial charge in [-0.15, -0.1) is 0 Å². The van der Waals surface area contributed by atoms with E-state index < -0.39 is 0 Å². The highest BCUT2D eigenvalue weighted by Gasteiger charge is 2.16. The lowest BCUT2D eigenvalue weighted by molar-refractivity contribution is 1.05. The van der Waals surface area contributed by atoms with Crippen molar-refractivity contribution in [3.05, 3.63) is 158 Å². The van der Waals surface area contributed by atoms with Gasteiger partial charge in [-0.05, 0) is 59.7 Å². The predicted octanol–water partition coefficient (Wildman–Crippen LogP) is 10.0. The third-order valence-corrected chi connectivity index (χ3v) is 8.61. The summed E-state index contributed by atoms with van der Waals surface area (Å²) in [5.74, 6) is 0.806. The van der Waals surface area contributed by atoms with Gasteiger partial charge in [0.15, 0.2) is 5.82 Å². The molecule has 206 valence electrons. The van der Waals surface area contributed by atoms with E-state index in [1.165, 1.54) is 49.4 Å². The van der Waals surface area contributed by atoms with Gasteiger partial charge in [-0.25, -0.2) is 4.98 Å². The van der Waals surface area contributed by atoms with Crippen LogP contribution in [0, 0.1) is 0 Å². The van der Waals surface area contributed by atoms with Crippen molar-refractivity contribution >= 4 is 43.6 Å². The molecular formula is C40H26N4. The Kier molecular flexibility index (Phi) is 5.47. The maximum Gasteiger partial charge on any atom is 0.156 e. The summed E-state index contributed by atoms with van der Waals surface area (Å²) >= 11 is 0. The van der Waals surface area contributed by atoms with Crippen molar-refractivity contribution in [1.29, 1.82) is 0 Å². The van der Waals surface area contributed by atoms with Crippen LogP contribution in [-0.2, 0) is 0 Å². The van der Waals surface area contributed by atoms with Crippen molar-refractivity contribution in [2.45, 2.75) is 0 Å². The van der Waals surface area contributed by atoms with Crippen LogP contribution < -0.4 is 0 Å². The zero-order valence-corrected chi connectivity index (χ0v) is 23.8. The second-order valence-electron chi connectivity index (χ2n) is 11.1. The molecule has 0 aliphatic carbocycles. The van der Waals surface area contributed by atoms with E-state index in [9.17, 15) is 0 Å². The van der Waals surface area contributed by atoms with Crippen LogP contribution in [0.1, 0.15) is 0 Å². The molecule has 0 atom stereocenters. The van der Waals surface area contributed by atoms with Crippen LogP contribution in [0.2, 0.25) is 0 Å². The summed E-state index contributed by atoms with van der Waals surface area (Å²) in [4.78, 5) is 9.64. The second kappa shape index (κ2) is 9.79. The fourth-order valence-corrected chi connectivity index (χ4v) is 6.62. The van der Waals surface area contributed by atoms with E-state index in [2.05, 4.69) is 142 Å². The van der Waals surface area contributed by atoms with Crippen molar-refractivity contribution < 1.29 is 0 Å². The fourth-order valence-electron chi connectivity index (χ4n) is 6.62. The molecule has 0 amide bonds. The lowest BCUT2D eigenvalue weighted by Gasteiger charge is -2.09. The third-order valence-electron chi connectivity index (χ3n) is 8.61. The topological polar surface area (TPSA) is 35.6 Å². The Morgan fingerprint density at radius 3 is 1.57 bits per heavy atom. The summed E-state index contributed by atoms with van der Waals surface area (Å²) in [5.41, 5.74) is 10.1. The summed E-state index contributed by atoms with van der Waals surface area (Å²) in [6.45, 7) is 0. The molecule has 0 unspecified atom stereocenters. The van der Waals surface area contributed by atoms with E-state index >= 15 is 0 Å². The van der Waals surface area contributed by atoms with Crippen LogP contribution in [0.25, 0.3) is 77.5 Å². The second-order valence-corrected chi connectivity index (χ2v) is 11.1. The summed E-state index contributed by atoms with van der Waals surface area (Å²) < 4.78 is 4.58. The first-order valence-corrected chi connectivity index (χ1v) is 14.8. The maximum atomic E-state index is 5.05. The molecule has 0 radical (unpaired) electrons. The minimum atomic E-state index is 0.806. The molecule has 0 aliphatic heterocycles. The van der Waals surface area contributed by atoms with Crippen molar-refractivity contribution in [2.24, 2.45) is 0 Å². The molecule has 0 bridgehead atoms. The van der Waals surface area contributed by atoms with Crippen LogP contribution in [0.3, 0.4) is 0 Å². The minimum Gasteiger partial charge on any atom is -0.309 e. The first-order valence-electron chi connectivity index (χ1n) is 14.8. The lowest BCUT2D eigenvalue weighted by Crippen LogP contribution is -1.99. The van der Waals surface area contributed by atoms with Crippen molar-refractivity contribution in [3.8, 4) is 33.9 Å². The molecule has 0 fully saturated rings. The monoisotopic (exact) mass is 562 g/mol. The van der Waals surface area contributed by atoms with Crippen LogP contribution in [-0.4, -0.2) is 19.1 Å². The van der Waals surface area contributed by atoms with Crippen LogP contribution >= 0.6 is 0 Å². The van der Waals surface area contributed by atoms with Crippen LogP contribution in [0.15, 0.2) is 158 Å². The lowest BCUT2D eigenvalue weighted by atomic mass is 10.0. The molecule has 3 aromatic heterocycles. The van der Waals surface area contributed by atoms with Gasteiger partial charge in [-0.1, -0.05) is 97.1 Å². The molecule has 4 nitrogen and oxygen atoms in total. The average molecular weight is 563 g/mol. The normalized spacial score (nSPS) is 11.6. The number of fused-ring (bicyclic) bond motifs is 6. The van der Waals surface area contributed by atoms with Gasteiger partial charge in [0, 0.05) is 32.8 Å². The summed E-state index contributed by atoms with van der Waals surface area (Å²) in [6.07, 6.45) is 3.68. The standard InChI is InChI=1S/C40H26N4/c1-3-11-27(12-4-1)35-25-41-26-40(42-35)44-37-18-10-8-16-32(37)34-24-29(20-22-39(34)44)28-19-21-38-33(23-28)31-15-7-9-17-36(31)43(38)30-13-5-2-6-14-30/h1-26H. The van der Waals surface area contributed by atoms with E-state index in [1.54, 1.807) is 0 Å². The Bertz CT molecular complexity index is 2490. The number of nitrogens with zero attached hydrogens (tertiary/aromatic N) is 4. The van der Waals surface area contributed by atoms with Gasteiger partial charge in [-0.3, -0.25) is 9.55 Å². The summed E-state index contributed by atoms with van der Waals surface area (Å²) in [5, 5.41) is 4.88. The maximum absolute atomic E-state index is 5.05. The number of aromatic nitrogens is 4. The van der Waals surface area contributed by atoms with Gasteiger partial charge in [0.2, 0.25) is 0 Å². The summed E-state index contributed by atoms with van der Waals surface area (Å²) in [7, 11) is 0. The zero-order valence-electron chi connectivity index (χ0n) is 23.8. The molecule has 3 heterocycles. The quantitative estimate of drug-likeness (QED) is 0.214. The van der Waals surface area contributed by atoms with E-state index in [0.717, 1.165) is 28.1 Å². The first kappa shape index (κ1) is 24.6. The van der Waals surface area contributed by atoms with E-state index in [1.807, 2.05) is 30.6 Å². The average Bonchev–Trinajstić information content (AvgIpc) is 3.61. The van der Waals surface area contributed by atoms with E-state index in [0.29, 0.717) is 0 Å². The molecule has 9 aromatic rings. The number of para-hydroxylation sites is 3. The van der Waals surface area contributed by atoms with Crippen molar-refractivity contribution in [3.63, 3.8) is 0 Å². The van der Waals surface area contributed by atoms with Crippen molar-refractivity contribution in [1.82, 2.24) is 19.1 Å². The van der Waals surface area contributed by atoms with Gasteiger partial charge < -0.3 is 4.57 Å². The van der Waals surface area contributed by atoms with Gasteiger partial charge in [0.05, 0.1) is 40.2 Å². The van der Waals surface area contributed by atoms with Crippen LogP contribution in [0.4, 0.5) is 0 Å². The number of hydrogen-bond donors (Lipinski definition) is 0. The number of benzene rings is 6. The largest absolute Gasteiger partial charge is 0.309 e. The molecule has 6 aromatic carbocycles. The van der Waals surface area contributed by atoms with Crippen molar-refractivity contribution in [2.75, 3.05) is 0 Å². The highest BCUT2D eigenvalue weighted by Crippen LogP contribution is 2.38. The zero-order chi connectivity index (χ0) is 29.0. The number of hydrogen-bond acceptors (Lipinski definition) is 2.